The Balaban J connectivity index is 1.61. The van der Waals surface area contributed by atoms with Crippen LogP contribution in [0.3, 0.4) is 0 Å². The standard InChI is InChI=1S/C13H20N4/c14-16-13-6-3-11(7-15-13)9-17(12-4-5-12)8-10-1-2-10/h3,6-7,10,12H,1-2,4-5,8-9,14H2,(H,15,16). The van der Waals surface area contributed by atoms with Crippen molar-refractivity contribution in [2.24, 2.45) is 11.8 Å². The van der Waals surface area contributed by atoms with Crippen molar-refractivity contribution in [1.29, 1.82) is 0 Å². The second-order valence-electron chi connectivity index (χ2n) is 5.30. The van der Waals surface area contributed by atoms with E-state index in [0.29, 0.717) is 0 Å². The molecule has 92 valence electrons. The fourth-order valence-electron chi connectivity index (χ4n) is 2.25. The van der Waals surface area contributed by atoms with Crippen LogP contribution in [0.25, 0.3) is 0 Å². The molecule has 2 aliphatic carbocycles. The highest BCUT2D eigenvalue weighted by Crippen LogP contribution is 2.35. The molecule has 1 aromatic heterocycles. The molecule has 0 aliphatic heterocycles. The minimum absolute atomic E-state index is 0.730. The summed E-state index contributed by atoms with van der Waals surface area (Å²) < 4.78 is 0. The fraction of sp³-hybridized carbons (Fsp3) is 0.615. The van der Waals surface area contributed by atoms with Crippen molar-refractivity contribution >= 4 is 5.82 Å². The maximum atomic E-state index is 5.31. The Hall–Kier alpha value is -1.13. The molecule has 3 rings (SSSR count). The third-order valence-electron chi connectivity index (χ3n) is 3.61. The molecule has 4 heteroatoms. The van der Waals surface area contributed by atoms with Gasteiger partial charge in [-0.05, 0) is 43.2 Å². The lowest BCUT2D eigenvalue weighted by Crippen LogP contribution is -2.27. The molecule has 1 aromatic rings. The average Bonchev–Trinajstić information content (AvgIpc) is 3.22. The molecule has 0 spiro atoms. The van der Waals surface area contributed by atoms with Crippen LogP contribution in [0, 0.1) is 5.92 Å². The number of hydrogen-bond donors (Lipinski definition) is 2. The van der Waals surface area contributed by atoms with E-state index >= 15 is 0 Å². The Morgan fingerprint density at radius 1 is 1.29 bits per heavy atom. The monoisotopic (exact) mass is 232 g/mol. The van der Waals surface area contributed by atoms with Crippen molar-refractivity contribution in [1.82, 2.24) is 9.88 Å². The summed E-state index contributed by atoms with van der Waals surface area (Å²) in [7, 11) is 0. The topological polar surface area (TPSA) is 54.2 Å². The fourth-order valence-corrected chi connectivity index (χ4v) is 2.25. The lowest BCUT2D eigenvalue weighted by atomic mass is 10.2. The zero-order valence-corrected chi connectivity index (χ0v) is 10.1. The van der Waals surface area contributed by atoms with Crippen molar-refractivity contribution in [2.75, 3.05) is 12.0 Å². The van der Waals surface area contributed by atoms with Crippen LogP contribution >= 0.6 is 0 Å². The van der Waals surface area contributed by atoms with E-state index in [1.807, 2.05) is 12.3 Å². The maximum Gasteiger partial charge on any atom is 0.139 e. The summed E-state index contributed by atoms with van der Waals surface area (Å²) in [5, 5.41) is 0. The molecule has 0 atom stereocenters. The number of anilines is 1. The highest BCUT2D eigenvalue weighted by Gasteiger charge is 2.33. The summed E-state index contributed by atoms with van der Waals surface area (Å²) >= 11 is 0. The first-order valence-electron chi connectivity index (χ1n) is 6.51. The van der Waals surface area contributed by atoms with Gasteiger partial charge in [0.1, 0.15) is 5.82 Å². The number of aromatic nitrogens is 1. The number of nitrogen functional groups attached to an aromatic ring is 1. The number of nitrogens with two attached hydrogens (primary N) is 1. The predicted molar refractivity (Wildman–Crippen MR) is 68.2 cm³/mol. The Kier molecular flexibility index (Phi) is 2.99. The molecule has 0 radical (unpaired) electrons. The van der Waals surface area contributed by atoms with E-state index in [-0.39, 0.29) is 0 Å². The van der Waals surface area contributed by atoms with Gasteiger partial charge in [0.05, 0.1) is 0 Å². The van der Waals surface area contributed by atoms with E-state index in [4.69, 9.17) is 5.84 Å². The molecule has 0 bridgehead atoms. The molecule has 17 heavy (non-hydrogen) atoms. The second kappa shape index (κ2) is 4.63. The quantitative estimate of drug-likeness (QED) is 0.579. The predicted octanol–water partition coefficient (Wildman–Crippen LogP) is 1.74. The average molecular weight is 232 g/mol. The molecule has 2 aliphatic rings. The van der Waals surface area contributed by atoms with Gasteiger partial charge in [0.2, 0.25) is 0 Å². The molecule has 0 amide bonds. The van der Waals surface area contributed by atoms with Crippen LogP contribution < -0.4 is 11.3 Å². The van der Waals surface area contributed by atoms with Crippen molar-refractivity contribution < 1.29 is 0 Å². The number of nitrogens with zero attached hydrogens (tertiary/aromatic N) is 2. The van der Waals surface area contributed by atoms with E-state index in [2.05, 4.69) is 21.4 Å². The summed E-state index contributed by atoms with van der Waals surface area (Å²) in [5.74, 6) is 7.01. The number of hydrazine groups is 1. The normalized spacial score (nSPS) is 19.6. The summed E-state index contributed by atoms with van der Waals surface area (Å²) in [6.45, 7) is 2.32. The van der Waals surface area contributed by atoms with E-state index in [1.165, 1.54) is 37.8 Å². The molecule has 2 saturated carbocycles. The smallest absolute Gasteiger partial charge is 0.139 e. The van der Waals surface area contributed by atoms with Gasteiger partial charge in [-0.3, -0.25) is 4.90 Å². The van der Waals surface area contributed by atoms with Gasteiger partial charge in [-0.2, -0.15) is 0 Å². The van der Waals surface area contributed by atoms with Crippen LogP contribution in [0.15, 0.2) is 18.3 Å². The first-order chi connectivity index (χ1) is 8.35. The van der Waals surface area contributed by atoms with E-state index < -0.39 is 0 Å². The Morgan fingerprint density at radius 3 is 2.65 bits per heavy atom. The highest BCUT2D eigenvalue weighted by molar-refractivity contribution is 5.33. The molecule has 1 heterocycles. The molecule has 0 aromatic carbocycles. The van der Waals surface area contributed by atoms with Gasteiger partial charge in [-0.1, -0.05) is 6.07 Å². The van der Waals surface area contributed by atoms with Crippen LogP contribution in [0.5, 0.6) is 0 Å². The van der Waals surface area contributed by atoms with Crippen LogP contribution in [-0.2, 0) is 6.54 Å². The van der Waals surface area contributed by atoms with Gasteiger partial charge in [0.15, 0.2) is 0 Å². The van der Waals surface area contributed by atoms with Gasteiger partial charge in [-0.15, -0.1) is 0 Å². The second-order valence-corrected chi connectivity index (χ2v) is 5.30. The van der Waals surface area contributed by atoms with Gasteiger partial charge >= 0.3 is 0 Å². The van der Waals surface area contributed by atoms with Crippen LogP contribution in [-0.4, -0.2) is 22.5 Å². The van der Waals surface area contributed by atoms with Gasteiger partial charge in [0, 0.05) is 25.3 Å². The van der Waals surface area contributed by atoms with Gasteiger partial charge < -0.3 is 5.43 Å². The van der Waals surface area contributed by atoms with Gasteiger partial charge in [0.25, 0.3) is 0 Å². The molecule has 0 saturated heterocycles. The zero-order valence-electron chi connectivity index (χ0n) is 10.1. The number of rotatable bonds is 6. The van der Waals surface area contributed by atoms with Gasteiger partial charge in [-0.25, -0.2) is 10.8 Å². The Labute approximate surface area is 102 Å². The lowest BCUT2D eigenvalue weighted by Gasteiger charge is -2.21. The number of pyridine rings is 1. The molecule has 3 N–H and O–H groups in total. The van der Waals surface area contributed by atoms with Crippen LogP contribution in [0.4, 0.5) is 5.82 Å². The van der Waals surface area contributed by atoms with E-state index in [9.17, 15) is 0 Å². The van der Waals surface area contributed by atoms with Crippen molar-refractivity contribution in [3.63, 3.8) is 0 Å². The lowest BCUT2D eigenvalue weighted by molar-refractivity contribution is 0.244. The molecule has 4 nitrogen and oxygen atoms in total. The van der Waals surface area contributed by atoms with Crippen molar-refractivity contribution in [3.05, 3.63) is 23.9 Å². The summed E-state index contributed by atoms with van der Waals surface area (Å²) in [5.41, 5.74) is 3.85. The van der Waals surface area contributed by atoms with Crippen molar-refractivity contribution in [2.45, 2.75) is 38.3 Å². The minimum atomic E-state index is 0.730. The Morgan fingerprint density at radius 2 is 2.12 bits per heavy atom. The molecular formula is C13H20N4. The maximum absolute atomic E-state index is 5.31. The first-order valence-corrected chi connectivity index (χ1v) is 6.51. The summed E-state index contributed by atoms with van der Waals surface area (Å²) in [6.07, 6.45) is 7.54. The highest BCUT2D eigenvalue weighted by atomic mass is 15.2. The first kappa shape index (κ1) is 11.0. The molecule has 0 unspecified atom stereocenters. The molecule has 2 fully saturated rings. The van der Waals surface area contributed by atoms with E-state index in [1.54, 1.807) is 0 Å². The summed E-state index contributed by atoms with van der Waals surface area (Å²) in [6, 6.07) is 4.89. The van der Waals surface area contributed by atoms with Crippen LogP contribution in [0.2, 0.25) is 0 Å². The number of nitrogens with one attached hydrogen (secondary N) is 1. The third-order valence-corrected chi connectivity index (χ3v) is 3.61. The summed E-state index contributed by atoms with van der Waals surface area (Å²) in [4.78, 5) is 6.89. The number of hydrogen-bond acceptors (Lipinski definition) is 4. The van der Waals surface area contributed by atoms with Crippen LogP contribution in [0.1, 0.15) is 31.2 Å². The third kappa shape index (κ3) is 2.96. The van der Waals surface area contributed by atoms with E-state index in [0.717, 1.165) is 24.3 Å². The molecular weight excluding hydrogens is 212 g/mol. The Bertz CT molecular complexity index is 368. The minimum Gasteiger partial charge on any atom is -0.308 e. The van der Waals surface area contributed by atoms with Crippen molar-refractivity contribution in [3.8, 4) is 0 Å². The largest absolute Gasteiger partial charge is 0.308 e. The zero-order chi connectivity index (χ0) is 11.7. The SMILES string of the molecule is NNc1ccc(CN(CC2CC2)C2CC2)cn1.